The third kappa shape index (κ3) is 3.09. The van der Waals surface area contributed by atoms with Crippen molar-refractivity contribution in [3.05, 3.63) is 52.4 Å². The minimum atomic E-state index is -0.218. The summed E-state index contributed by atoms with van der Waals surface area (Å²) in [5.41, 5.74) is 6.53. The molecule has 3 N–H and O–H groups in total. The molecule has 1 aromatic carbocycles. The Bertz CT molecular complexity index is 607. The fourth-order valence-corrected chi connectivity index (χ4v) is 1.84. The number of nitrogens with one attached hydrogen (secondary N) is 1. The number of carbonyl (C=O) groups is 1. The highest BCUT2D eigenvalue weighted by Gasteiger charge is 2.14. The topological polar surface area (TPSA) is 68.3 Å². The highest BCUT2D eigenvalue weighted by Crippen LogP contribution is 2.20. The minimum Gasteiger partial charge on any atom is -0.464 e. The Morgan fingerprint density at radius 2 is 2.11 bits per heavy atom. The Morgan fingerprint density at radius 1 is 1.37 bits per heavy atom. The Balaban J connectivity index is 2.10. The lowest BCUT2D eigenvalue weighted by molar-refractivity contribution is 0.0935. The molecule has 1 aromatic heterocycles. The lowest BCUT2D eigenvalue weighted by Gasteiger charge is -2.12. The largest absolute Gasteiger partial charge is 0.464 e. The van der Waals surface area contributed by atoms with Crippen LogP contribution in [0.25, 0.3) is 0 Å². The number of benzene rings is 1. The van der Waals surface area contributed by atoms with Crippen molar-refractivity contribution >= 4 is 23.2 Å². The van der Waals surface area contributed by atoms with Gasteiger partial charge in [0, 0.05) is 5.56 Å². The molecule has 0 aliphatic rings. The monoisotopic (exact) mass is 278 g/mol. The third-order valence-electron chi connectivity index (χ3n) is 2.79. The molecule has 1 atom stereocenters. The van der Waals surface area contributed by atoms with E-state index >= 15 is 0 Å². The van der Waals surface area contributed by atoms with Gasteiger partial charge in [-0.25, -0.2) is 0 Å². The molecule has 1 amide bonds. The Kier molecular flexibility index (Phi) is 3.81. The number of carbonyl (C=O) groups excluding carboxylic acids is 1. The molecule has 0 saturated carbocycles. The fraction of sp³-hybridized carbons (Fsp3) is 0.214. The summed E-state index contributed by atoms with van der Waals surface area (Å²) in [7, 11) is 0. The predicted molar refractivity (Wildman–Crippen MR) is 75.2 cm³/mol. The van der Waals surface area contributed by atoms with Crippen molar-refractivity contribution in [3.63, 3.8) is 0 Å². The molecule has 4 nitrogen and oxygen atoms in total. The highest BCUT2D eigenvalue weighted by molar-refractivity contribution is 6.33. The van der Waals surface area contributed by atoms with Crippen molar-refractivity contribution in [2.75, 3.05) is 5.73 Å². The van der Waals surface area contributed by atoms with Crippen LogP contribution in [-0.2, 0) is 0 Å². The smallest absolute Gasteiger partial charge is 0.251 e. The van der Waals surface area contributed by atoms with Gasteiger partial charge in [-0.1, -0.05) is 11.6 Å². The van der Waals surface area contributed by atoms with Crippen LogP contribution in [0.1, 0.15) is 34.8 Å². The number of anilines is 1. The maximum absolute atomic E-state index is 12.0. The van der Waals surface area contributed by atoms with Gasteiger partial charge >= 0.3 is 0 Å². The van der Waals surface area contributed by atoms with Crippen molar-refractivity contribution < 1.29 is 9.21 Å². The van der Waals surface area contributed by atoms with E-state index in [2.05, 4.69) is 5.32 Å². The van der Waals surface area contributed by atoms with Crippen LogP contribution in [-0.4, -0.2) is 5.91 Å². The van der Waals surface area contributed by atoms with Crippen LogP contribution in [0.4, 0.5) is 5.69 Å². The standard InChI is InChI=1S/C14H15ClN2O2/c1-8-3-6-13(19-8)9(2)17-14(18)10-4-5-11(15)12(16)7-10/h3-7,9H,16H2,1-2H3,(H,17,18). The molecule has 100 valence electrons. The number of halogens is 1. The molecular weight excluding hydrogens is 264 g/mol. The number of hydrogen-bond acceptors (Lipinski definition) is 3. The van der Waals surface area contributed by atoms with Gasteiger partial charge in [-0.05, 0) is 44.2 Å². The quantitative estimate of drug-likeness (QED) is 0.846. The number of rotatable bonds is 3. The number of furan rings is 1. The molecule has 0 aliphatic heterocycles. The van der Waals surface area contributed by atoms with Gasteiger partial charge in [-0.3, -0.25) is 4.79 Å². The van der Waals surface area contributed by atoms with Gasteiger partial charge in [0.15, 0.2) is 0 Å². The van der Waals surface area contributed by atoms with Gasteiger partial charge in [-0.15, -0.1) is 0 Å². The van der Waals surface area contributed by atoms with Crippen LogP contribution < -0.4 is 11.1 Å². The third-order valence-corrected chi connectivity index (χ3v) is 3.14. The summed E-state index contributed by atoms with van der Waals surface area (Å²) in [6, 6.07) is 8.28. The first-order valence-corrected chi connectivity index (χ1v) is 6.27. The summed E-state index contributed by atoms with van der Waals surface area (Å²) in [5.74, 6) is 1.31. The summed E-state index contributed by atoms with van der Waals surface area (Å²) in [5, 5.41) is 3.28. The van der Waals surface area contributed by atoms with Gasteiger partial charge in [0.1, 0.15) is 11.5 Å². The average Bonchev–Trinajstić information content (AvgIpc) is 2.79. The van der Waals surface area contributed by atoms with E-state index in [0.717, 1.165) is 5.76 Å². The van der Waals surface area contributed by atoms with E-state index in [1.165, 1.54) is 0 Å². The second-order valence-electron chi connectivity index (χ2n) is 4.38. The lowest BCUT2D eigenvalue weighted by Crippen LogP contribution is -2.26. The molecule has 19 heavy (non-hydrogen) atoms. The van der Waals surface area contributed by atoms with Crippen molar-refractivity contribution in [3.8, 4) is 0 Å². The van der Waals surface area contributed by atoms with E-state index in [1.54, 1.807) is 18.2 Å². The van der Waals surface area contributed by atoms with Crippen molar-refractivity contribution in [1.29, 1.82) is 0 Å². The second kappa shape index (κ2) is 5.36. The molecule has 2 aromatic rings. The maximum atomic E-state index is 12.0. The van der Waals surface area contributed by atoms with Gasteiger partial charge in [0.2, 0.25) is 0 Å². The van der Waals surface area contributed by atoms with Crippen LogP contribution in [0, 0.1) is 6.92 Å². The van der Waals surface area contributed by atoms with Crippen LogP contribution in [0.5, 0.6) is 0 Å². The first-order chi connectivity index (χ1) is 8.97. The van der Waals surface area contributed by atoms with E-state index in [9.17, 15) is 4.79 Å². The van der Waals surface area contributed by atoms with Crippen molar-refractivity contribution in [2.45, 2.75) is 19.9 Å². The zero-order valence-corrected chi connectivity index (χ0v) is 11.5. The van der Waals surface area contributed by atoms with Crippen molar-refractivity contribution in [2.24, 2.45) is 0 Å². The predicted octanol–water partition coefficient (Wildman–Crippen LogP) is 3.31. The summed E-state index contributed by atoms with van der Waals surface area (Å²) in [4.78, 5) is 12.0. The first kappa shape index (κ1) is 13.5. The summed E-state index contributed by atoms with van der Waals surface area (Å²) in [6.45, 7) is 3.72. The van der Waals surface area contributed by atoms with Gasteiger partial charge < -0.3 is 15.5 Å². The van der Waals surface area contributed by atoms with E-state index in [0.29, 0.717) is 22.0 Å². The summed E-state index contributed by atoms with van der Waals surface area (Å²) >= 11 is 5.82. The Labute approximate surface area is 116 Å². The van der Waals surface area contributed by atoms with Crippen LogP contribution in [0.2, 0.25) is 5.02 Å². The van der Waals surface area contributed by atoms with E-state index in [4.69, 9.17) is 21.8 Å². The Hall–Kier alpha value is -1.94. The van der Waals surface area contributed by atoms with Crippen molar-refractivity contribution in [1.82, 2.24) is 5.32 Å². The zero-order chi connectivity index (χ0) is 14.0. The number of nitrogen functional groups attached to an aromatic ring is 1. The molecule has 0 bridgehead atoms. The summed E-state index contributed by atoms with van der Waals surface area (Å²) in [6.07, 6.45) is 0. The Morgan fingerprint density at radius 3 is 2.68 bits per heavy atom. The molecule has 0 saturated heterocycles. The molecule has 0 spiro atoms. The van der Waals surface area contributed by atoms with E-state index < -0.39 is 0 Å². The van der Waals surface area contributed by atoms with Crippen LogP contribution >= 0.6 is 11.6 Å². The van der Waals surface area contributed by atoms with Gasteiger partial charge in [0.05, 0.1) is 16.8 Å². The molecule has 1 heterocycles. The number of amides is 1. The molecule has 5 heteroatoms. The van der Waals surface area contributed by atoms with Crippen LogP contribution in [0.3, 0.4) is 0 Å². The normalized spacial score (nSPS) is 12.2. The average molecular weight is 279 g/mol. The molecule has 1 unspecified atom stereocenters. The highest BCUT2D eigenvalue weighted by atomic mass is 35.5. The molecular formula is C14H15ClN2O2. The van der Waals surface area contributed by atoms with Gasteiger partial charge in [-0.2, -0.15) is 0 Å². The number of hydrogen-bond donors (Lipinski definition) is 2. The SMILES string of the molecule is Cc1ccc(C(C)NC(=O)c2ccc(Cl)c(N)c2)o1. The molecule has 0 fully saturated rings. The van der Waals surface area contributed by atoms with E-state index in [-0.39, 0.29) is 11.9 Å². The molecule has 2 rings (SSSR count). The minimum absolute atomic E-state index is 0.210. The van der Waals surface area contributed by atoms with Crippen LogP contribution in [0.15, 0.2) is 34.7 Å². The maximum Gasteiger partial charge on any atom is 0.251 e. The van der Waals surface area contributed by atoms with Gasteiger partial charge in [0.25, 0.3) is 5.91 Å². The fourth-order valence-electron chi connectivity index (χ4n) is 1.72. The van der Waals surface area contributed by atoms with E-state index in [1.807, 2.05) is 26.0 Å². The molecule has 0 aliphatic carbocycles. The number of nitrogens with two attached hydrogens (primary N) is 1. The second-order valence-corrected chi connectivity index (χ2v) is 4.79. The zero-order valence-electron chi connectivity index (χ0n) is 10.7. The number of aryl methyl sites for hydroxylation is 1. The molecule has 0 radical (unpaired) electrons. The first-order valence-electron chi connectivity index (χ1n) is 5.89. The summed E-state index contributed by atoms with van der Waals surface area (Å²) < 4.78 is 5.46. The lowest BCUT2D eigenvalue weighted by atomic mass is 10.1.